The van der Waals surface area contributed by atoms with E-state index in [0.717, 1.165) is 24.8 Å². The number of carbonyl (C=O) groups is 1. The Kier molecular flexibility index (Phi) is 21.6. The van der Waals surface area contributed by atoms with Crippen molar-refractivity contribution in [3.8, 4) is 0 Å². The van der Waals surface area contributed by atoms with Crippen LogP contribution in [-0.2, 0) is 4.79 Å². The summed E-state index contributed by atoms with van der Waals surface area (Å²) in [6.07, 6.45) is 11.2. The van der Waals surface area contributed by atoms with Crippen LogP contribution in [0.3, 0.4) is 0 Å². The van der Waals surface area contributed by atoms with Crippen molar-refractivity contribution >= 4 is 5.78 Å². The van der Waals surface area contributed by atoms with Gasteiger partial charge in [-0.15, -0.1) is 0 Å². The van der Waals surface area contributed by atoms with Crippen molar-refractivity contribution in [1.29, 1.82) is 0 Å². The molecule has 0 heterocycles. The third-order valence-electron chi connectivity index (χ3n) is 1.96. The van der Waals surface area contributed by atoms with Crippen molar-refractivity contribution in [2.75, 3.05) is 0 Å². The van der Waals surface area contributed by atoms with E-state index in [1.54, 1.807) is 6.08 Å². The van der Waals surface area contributed by atoms with E-state index in [0.29, 0.717) is 6.42 Å². The van der Waals surface area contributed by atoms with Gasteiger partial charge in [-0.3, -0.25) is 4.79 Å². The van der Waals surface area contributed by atoms with Crippen molar-refractivity contribution in [3.05, 3.63) is 36.5 Å². The molecule has 0 spiro atoms. The molecule has 0 aromatic carbocycles. The van der Waals surface area contributed by atoms with Crippen LogP contribution in [0.25, 0.3) is 0 Å². The summed E-state index contributed by atoms with van der Waals surface area (Å²) in [7, 11) is 0. The zero-order valence-corrected chi connectivity index (χ0v) is 11.3. The van der Waals surface area contributed by atoms with Crippen LogP contribution in [0, 0.1) is 0 Å². The Balaban J connectivity index is -0.000000616. The summed E-state index contributed by atoms with van der Waals surface area (Å²) in [4.78, 5) is 11.4. The molecule has 17 heavy (non-hydrogen) atoms. The van der Waals surface area contributed by atoms with Crippen molar-refractivity contribution in [3.63, 3.8) is 0 Å². The topological polar surface area (TPSA) is 17.1 Å². The number of Topliss-reactive ketones (excluding diaryl/α,β-unsaturated/α-hetero) is 1. The fourth-order valence-electron chi connectivity index (χ4n) is 1.14. The van der Waals surface area contributed by atoms with E-state index in [1.807, 2.05) is 26.8 Å². The highest BCUT2D eigenvalue weighted by Crippen LogP contribution is 2.07. The van der Waals surface area contributed by atoms with Crippen LogP contribution in [-0.4, -0.2) is 5.78 Å². The number of unbranched alkanes of at least 4 members (excludes halogenated alkanes) is 1. The fraction of sp³-hybridized carbons (Fsp3) is 0.562. The molecule has 0 fully saturated rings. The van der Waals surface area contributed by atoms with Crippen LogP contribution in [0.5, 0.6) is 0 Å². The summed E-state index contributed by atoms with van der Waals surface area (Å²) < 4.78 is 0. The number of hydrogen-bond donors (Lipinski definition) is 0. The Morgan fingerprint density at radius 2 is 1.76 bits per heavy atom. The highest BCUT2D eigenvalue weighted by molar-refractivity contribution is 5.95. The molecule has 1 heteroatoms. The highest BCUT2D eigenvalue weighted by atomic mass is 16.1. The molecular formula is C16H30O. The second-order valence-electron chi connectivity index (χ2n) is 3.17. The van der Waals surface area contributed by atoms with Gasteiger partial charge >= 0.3 is 0 Å². The highest BCUT2D eigenvalue weighted by Gasteiger charge is 2.03. The number of ketones is 1. The largest absolute Gasteiger partial charge is 0.295 e. The summed E-state index contributed by atoms with van der Waals surface area (Å²) in [6.45, 7) is 11.6. The molecule has 0 saturated heterocycles. The Labute approximate surface area is 108 Å². The first-order valence-electron chi connectivity index (χ1n) is 6.26. The number of rotatable bonds is 7. The predicted molar refractivity (Wildman–Crippen MR) is 80.3 cm³/mol. The van der Waals surface area contributed by atoms with Gasteiger partial charge in [0.05, 0.1) is 0 Å². The Hall–Kier alpha value is -1.11. The first-order valence-corrected chi connectivity index (χ1v) is 6.26. The molecule has 0 aliphatic carbocycles. The number of carbonyl (C=O) groups excluding carboxylic acids is 1. The summed E-state index contributed by atoms with van der Waals surface area (Å²) in [6, 6.07) is 0. The molecule has 100 valence electrons. The third-order valence-corrected chi connectivity index (χ3v) is 1.96. The van der Waals surface area contributed by atoms with E-state index < -0.39 is 0 Å². The third kappa shape index (κ3) is 12.8. The zero-order valence-electron chi connectivity index (χ0n) is 11.3. The van der Waals surface area contributed by atoms with Crippen LogP contribution in [0.4, 0.5) is 0 Å². The van der Waals surface area contributed by atoms with Gasteiger partial charge in [-0.2, -0.15) is 0 Å². The molecule has 0 unspecified atom stereocenters. The average Bonchev–Trinajstić information content (AvgIpc) is 2.34. The lowest BCUT2D eigenvalue weighted by Gasteiger charge is -1.99. The maximum absolute atomic E-state index is 11.4. The van der Waals surface area contributed by atoms with Crippen LogP contribution < -0.4 is 0 Å². The van der Waals surface area contributed by atoms with E-state index in [-0.39, 0.29) is 13.2 Å². The molecule has 0 amide bonds. The summed E-state index contributed by atoms with van der Waals surface area (Å²) in [5.41, 5.74) is 0.856. The molecule has 0 aliphatic rings. The molecular weight excluding hydrogens is 208 g/mol. The molecule has 0 atom stereocenters. The minimum atomic E-state index is 0. The van der Waals surface area contributed by atoms with Crippen LogP contribution in [0.15, 0.2) is 36.5 Å². The molecule has 0 rings (SSSR count). The van der Waals surface area contributed by atoms with Crippen molar-refractivity contribution < 1.29 is 4.79 Å². The molecule has 0 aromatic rings. The van der Waals surface area contributed by atoms with Gasteiger partial charge in [-0.1, -0.05) is 72.4 Å². The standard InChI is InChI=1S/C13H20O.C2H6.CH4/c1-4-7-8-9-11-12(10-5-2)13(14)6-3;1-2;/h5,8-10H,2,4,6-7,11H2,1,3H3;1-2H3;1H4/b9-8-,12-10+;;. The number of hydrogen-bond acceptors (Lipinski definition) is 1. The van der Waals surface area contributed by atoms with E-state index >= 15 is 0 Å². The second-order valence-corrected chi connectivity index (χ2v) is 3.17. The Morgan fingerprint density at radius 1 is 1.18 bits per heavy atom. The maximum atomic E-state index is 11.4. The van der Waals surface area contributed by atoms with Gasteiger partial charge < -0.3 is 0 Å². The zero-order chi connectivity index (χ0) is 12.8. The smallest absolute Gasteiger partial charge is 0.158 e. The number of allylic oxidation sites excluding steroid dienone is 5. The molecule has 0 aromatic heterocycles. The minimum Gasteiger partial charge on any atom is -0.295 e. The van der Waals surface area contributed by atoms with E-state index in [4.69, 9.17) is 0 Å². The second kappa shape index (κ2) is 17.3. The van der Waals surface area contributed by atoms with Gasteiger partial charge in [0.2, 0.25) is 0 Å². The summed E-state index contributed by atoms with van der Waals surface area (Å²) in [5, 5.41) is 0. The van der Waals surface area contributed by atoms with Gasteiger partial charge in [-0.25, -0.2) is 0 Å². The van der Waals surface area contributed by atoms with Crippen LogP contribution >= 0.6 is 0 Å². The van der Waals surface area contributed by atoms with E-state index in [2.05, 4.69) is 25.7 Å². The van der Waals surface area contributed by atoms with Crippen molar-refractivity contribution in [2.45, 2.75) is 60.8 Å². The van der Waals surface area contributed by atoms with Crippen LogP contribution in [0.2, 0.25) is 0 Å². The van der Waals surface area contributed by atoms with Crippen molar-refractivity contribution in [1.82, 2.24) is 0 Å². The quantitative estimate of drug-likeness (QED) is 0.326. The van der Waals surface area contributed by atoms with E-state index in [1.165, 1.54) is 0 Å². The fourth-order valence-corrected chi connectivity index (χ4v) is 1.14. The van der Waals surface area contributed by atoms with Gasteiger partial charge in [0.25, 0.3) is 0 Å². The van der Waals surface area contributed by atoms with Gasteiger partial charge in [0.15, 0.2) is 5.78 Å². The summed E-state index contributed by atoms with van der Waals surface area (Å²) in [5.74, 6) is 0.214. The Bertz CT molecular complexity index is 234. The lowest BCUT2D eigenvalue weighted by molar-refractivity contribution is -0.115. The first kappa shape index (κ1) is 21.2. The Morgan fingerprint density at radius 3 is 2.18 bits per heavy atom. The maximum Gasteiger partial charge on any atom is 0.158 e. The van der Waals surface area contributed by atoms with Gasteiger partial charge in [0.1, 0.15) is 0 Å². The van der Waals surface area contributed by atoms with Gasteiger partial charge in [-0.05, 0) is 18.4 Å². The average molecular weight is 238 g/mol. The first-order chi connectivity index (χ1) is 7.76. The molecule has 0 saturated carbocycles. The lowest BCUT2D eigenvalue weighted by atomic mass is 10.0. The van der Waals surface area contributed by atoms with E-state index in [9.17, 15) is 4.79 Å². The van der Waals surface area contributed by atoms with Crippen LogP contribution in [0.1, 0.15) is 60.8 Å². The molecule has 0 bridgehead atoms. The lowest BCUT2D eigenvalue weighted by Crippen LogP contribution is -1.99. The monoisotopic (exact) mass is 238 g/mol. The SMILES string of the molecule is C.C=C/C=C(\C/C=C\CCC)C(=O)CC.CC. The molecule has 0 aliphatic heterocycles. The summed E-state index contributed by atoms with van der Waals surface area (Å²) >= 11 is 0. The minimum absolute atomic E-state index is 0. The predicted octanol–water partition coefficient (Wildman–Crippen LogP) is 5.49. The normalized spacial score (nSPS) is 10.2. The molecule has 0 radical (unpaired) electrons. The van der Waals surface area contributed by atoms with Gasteiger partial charge in [0, 0.05) is 6.42 Å². The molecule has 0 N–H and O–H groups in total. The molecule has 1 nitrogen and oxygen atoms in total. The van der Waals surface area contributed by atoms with Crippen molar-refractivity contribution in [2.24, 2.45) is 0 Å².